The second-order valence-electron chi connectivity index (χ2n) is 7.90. The lowest BCUT2D eigenvalue weighted by molar-refractivity contribution is 0.102. The zero-order valence-electron chi connectivity index (χ0n) is 16.8. The van der Waals surface area contributed by atoms with Crippen molar-refractivity contribution in [2.75, 3.05) is 34.9 Å². The Bertz CT molecular complexity index is 1110. The molecule has 7 heteroatoms. The molecule has 7 nitrogen and oxygen atoms in total. The molecule has 30 heavy (non-hydrogen) atoms. The summed E-state index contributed by atoms with van der Waals surface area (Å²) in [7, 11) is 1.83. The summed E-state index contributed by atoms with van der Waals surface area (Å²) in [6.07, 6.45) is 5.93. The molecule has 1 fully saturated rings. The molecular weight excluding hydrogens is 376 g/mol. The van der Waals surface area contributed by atoms with Crippen molar-refractivity contribution < 1.29 is 4.79 Å². The van der Waals surface area contributed by atoms with E-state index in [2.05, 4.69) is 37.3 Å². The summed E-state index contributed by atoms with van der Waals surface area (Å²) < 4.78 is 0. The van der Waals surface area contributed by atoms with Crippen molar-refractivity contribution in [3.05, 3.63) is 71.5 Å². The number of carbonyl (C=O) groups excluding carboxylic acids is 1. The number of fused-ring (bicyclic) bond motifs is 2. The van der Waals surface area contributed by atoms with Gasteiger partial charge in [-0.1, -0.05) is 6.07 Å². The van der Waals surface area contributed by atoms with Gasteiger partial charge in [-0.05, 0) is 60.4 Å². The summed E-state index contributed by atoms with van der Waals surface area (Å²) in [4.78, 5) is 21.5. The Morgan fingerprint density at radius 3 is 2.87 bits per heavy atom. The number of rotatable bonds is 6. The number of aromatic nitrogens is 2. The molecule has 0 radical (unpaired) electrons. The molecule has 0 atom stereocenters. The molecule has 5 rings (SSSR count). The van der Waals surface area contributed by atoms with Crippen molar-refractivity contribution in [3.8, 4) is 0 Å². The van der Waals surface area contributed by atoms with E-state index in [1.165, 1.54) is 18.4 Å². The Morgan fingerprint density at radius 2 is 2.03 bits per heavy atom. The monoisotopic (exact) mass is 400 g/mol. The second-order valence-corrected chi connectivity index (χ2v) is 7.90. The van der Waals surface area contributed by atoms with Crippen LogP contribution >= 0.6 is 0 Å². The molecule has 0 unspecified atom stereocenters. The highest BCUT2D eigenvalue weighted by Gasteiger charge is 2.48. The highest BCUT2D eigenvalue weighted by Crippen LogP contribution is 2.54. The molecule has 1 aliphatic heterocycles. The average Bonchev–Trinajstić information content (AvgIpc) is 3.48. The first kappa shape index (κ1) is 18.4. The fraction of sp³-hybridized carbons (Fsp3) is 0.261. The zero-order chi connectivity index (χ0) is 20.6. The summed E-state index contributed by atoms with van der Waals surface area (Å²) in [6, 6.07) is 13.6. The topological polar surface area (TPSA) is 91.0 Å². The minimum Gasteiger partial charge on any atom is -0.384 e. The molecule has 4 N–H and O–H groups in total. The van der Waals surface area contributed by atoms with Crippen LogP contribution in [0.2, 0.25) is 0 Å². The van der Waals surface area contributed by atoms with Crippen LogP contribution in [0, 0.1) is 0 Å². The number of benzene rings is 1. The number of carbonyl (C=O) groups is 1. The first-order chi connectivity index (χ1) is 14.7. The van der Waals surface area contributed by atoms with Crippen LogP contribution in [0.15, 0.2) is 54.9 Å². The molecule has 152 valence electrons. The van der Waals surface area contributed by atoms with Gasteiger partial charge in [0.15, 0.2) is 0 Å². The van der Waals surface area contributed by atoms with E-state index < -0.39 is 0 Å². The van der Waals surface area contributed by atoms with Gasteiger partial charge in [0.2, 0.25) is 0 Å². The number of anilines is 4. The molecule has 3 heterocycles. The van der Waals surface area contributed by atoms with Crippen LogP contribution in [-0.2, 0) is 12.0 Å². The molecule has 0 bridgehead atoms. The van der Waals surface area contributed by atoms with Crippen molar-refractivity contribution in [1.82, 2.24) is 9.97 Å². The Morgan fingerprint density at radius 1 is 1.13 bits per heavy atom. The van der Waals surface area contributed by atoms with Crippen molar-refractivity contribution in [2.45, 2.75) is 24.8 Å². The van der Waals surface area contributed by atoms with E-state index >= 15 is 0 Å². The van der Waals surface area contributed by atoms with Crippen LogP contribution < -0.4 is 21.3 Å². The number of amides is 1. The third-order valence-corrected chi connectivity index (χ3v) is 5.91. The Kier molecular flexibility index (Phi) is 4.50. The van der Waals surface area contributed by atoms with E-state index in [-0.39, 0.29) is 5.91 Å². The minimum absolute atomic E-state index is 0.185. The van der Waals surface area contributed by atoms with E-state index in [0.29, 0.717) is 23.3 Å². The van der Waals surface area contributed by atoms with Crippen LogP contribution in [0.3, 0.4) is 0 Å². The SMILES string of the molecule is CNc1cc(CNc2ncccc2C(=O)Nc2ccc3c(c2)NCC32CC2)ccn1. The fourth-order valence-electron chi connectivity index (χ4n) is 4.02. The Hall–Kier alpha value is -3.61. The molecule has 1 amide bonds. The largest absolute Gasteiger partial charge is 0.384 e. The summed E-state index contributed by atoms with van der Waals surface area (Å²) in [6.45, 7) is 1.54. The number of nitrogens with zero attached hydrogens (tertiary/aromatic N) is 2. The molecule has 1 aliphatic carbocycles. The van der Waals surface area contributed by atoms with Crippen LogP contribution in [-0.4, -0.2) is 29.5 Å². The van der Waals surface area contributed by atoms with Gasteiger partial charge in [-0.15, -0.1) is 0 Å². The quantitative estimate of drug-likeness (QED) is 0.503. The van der Waals surface area contributed by atoms with Gasteiger partial charge < -0.3 is 21.3 Å². The molecule has 2 aromatic heterocycles. The molecular formula is C23H24N6O. The third-order valence-electron chi connectivity index (χ3n) is 5.91. The average molecular weight is 400 g/mol. The smallest absolute Gasteiger partial charge is 0.259 e. The molecule has 3 aromatic rings. The highest BCUT2D eigenvalue weighted by atomic mass is 16.1. The molecule has 1 spiro atoms. The summed E-state index contributed by atoms with van der Waals surface area (Å²) >= 11 is 0. The summed E-state index contributed by atoms with van der Waals surface area (Å²) in [5.74, 6) is 1.16. The molecule has 1 saturated carbocycles. The third kappa shape index (κ3) is 3.43. The van der Waals surface area contributed by atoms with Gasteiger partial charge in [-0.25, -0.2) is 9.97 Å². The van der Waals surface area contributed by atoms with E-state index in [9.17, 15) is 4.79 Å². The van der Waals surface area contributed by atoms with Crippen molar-refractivity contribution >= 4 is 28.9 Å². The normalized spacial score (nSPS) is 15.2. The molecule has 0 saturated heterocycles. The summed E-state index contributed by atoms with van der Waals surface area (Å²) in [5, 5.41) is 12.8. The van der Waals surface area contributed by atoms with Crippen LogP contribution in [0.25, 0.3) is 0 Å². The zero-order valence-corrected chi connectivity index (χ0v) is 16.8. The standard InChI is InChI=1S/C23H24N6O/c1-24-20-11-15(6-10-25-20)13-27-21-17(3-2-9-26-21)22(30)29-16-4-5-18-19(12-16)28-14-23(18)7-8-23/h2-6,9-12,28H,7-8,13-14H2,1H3,(H,24,25)(H,26,27)(H,29,30). The lowest BCUT2D eigenvalue weighted by Gasteiger charge is -2.13. The van der Waals surface area contributed by atoms with Gasteiger partial charge in [-0.2, -0.15) is 0 Å². The van der Waals surface area contributed by atoms with E-state index in [1.54, 1.807) is 24.5 Å². The van der Waals surface area contributed by atoms with Crippen LogP contribution in [0.1, 0.15) is 34.3 Å². The van der Waals surface area contributed by atoms with Gasteiger partial charge in [0.05, 0.1) is 5.56 Å². The first-order valence-corrected chi connectivity index (χ1v) is 10.2. The molecule has 2 aliphatic rings. The van der Waals surface area contributed by atoms with Crippen LogP contribution in [0.5, 0.6) is 0 Å². The van der Waals surface area contributed by atoms with Gasteiger partial charge in [0.25, 0.3) is 5.91 Å². The van der Waals surface area contributed by atoms with Crippen molar-refractivity contribution in [2.24, 2.45) is 0 Å². The van der Waals surface area contributed by atoms with Gasteiger partial charge in [0, 0.05) is 49.3 Å². The van der Waals surface area contributed by atoms with Gasteiger partial charge in [0.1, 0.15) is 11.6 Å². The lowest BCUT2D eigenvalue weighted by atomic mass is 9.98. The predicted octanol–water partition coefficient (Wildman–Crippen LogP) is 3.84. The maximum absolute atomic E-state index is 13.0. The van der Waals surface area contributed by atoms with E-state index in [4.69, 9.17) is 0 Å². The number of nitrogens with one attached hydrogen (secondary N) is 4. The maximum Gasteiger partial charge on any atom is 0.259 e. The van der Waals surface area contributed by atoms with Crippen molar-refractivity contribution in [1.29, 1.82) is 0 Å². The maximum atomic E-state index is 13.0. The Labute approximate surface area is 175 Å². The second kappa shape index (κ2) is 7.33. The predicted molar refractivity (Wildman–Crippen MR) is 119 cm³/mol. The number of hydrogen-bond donors (Lipinski definition) is 4. The number of pyridine rings is 2. The van der Waals surface area contributed by atoms with Crippen LogP contribution in [0.4, 0.5) is 23.0 Å². The fourth-order valence-corrected chi connectivity index (χ4v) is 4.02. The summed E-state index contributed by atoms with van der Waals surface area (Å²) in [5.41, 5.74) is 5.19. The van der Waals surface area contributed by atoms with E-state index in [0.717, 1.165) is 29.3 Å². The Balaban J connectivity index is 1.30. The lowest BCUT2D eigenvalue weighted by Crippen LogP contribution is -2.16. The molecule has 1 aromatic carbocycles. The first-order valence-electron chi connectivity index (χ1n) is 10.2. The van der Waals surface area contributed by atoms with E-state index in [1.807, 2.05) is 31.3 Å². The van der Waals surface area contributed by atoms with Gasteiger partial charge >= 0.3 is 0 Å². The number of hydrogen-bond acceptors (Lipinski definition) is 6. The minimum atomic E-state index is -0.185. The van der Waals surface area contributed by atoms with Crippen molar-refractivity contribution in [3.63, 3.8) is 0 Å². The van der Waals surface area contributed by atoms with Gasteiger partial charge in [-0.3, -0.25) is 4.79 Å². The highest BCUT2D eigenvalue weighted by molar-refractivity contribution is 6.07.